The number of nitrogens with one attached hydrogen (secondary N) is 4. The van der Waals surface area contributed by atoms with E-state index >= 15 is 0 Å². The van der Waals surface area contributed by atoms with Gasteiger partial charge in [0, 0.05) is 18.2 Å². The van der Waals surface area contributed by atoms with Gasteiger partial charge in [0.1, 0.15) is 49.1 Å². The molecule has 42 nitrogen and oxygen atoms in total. The van der Waals surface area contributed by atoms with Gasteiger partial charge in [-0.1, -0.05) is 64.1 Å². The minimum Gasteiger partial charge on any atom is -0.455 e. The molecule has 0 aliphatic carbocycles. The number of hydrogen-bond acceptors (Lipinski definition) is 31. The molecule has 0 radical (unpaired) electrons. The molecule has 542 valence electrons. The fourth-order valence-electron chi connectivity index (χ4n) is 10.7. The predicted octanol–water partition coefficient (Wildman–Crippen LogP) is 1.16. The number of imidazole rings is 3. The van der Waals surface area contributed by atoms with Crippen molar-refractivity contribution in [1.29, 1.82) is 0 Å². The number of phosphoric acid groups is 3. The second kappa shape index (κ2) is 29.8. The summed E-state index contributed by atoms with van der Waals surface area (Å²) in [6.45, 7) is -2.25. The van der Waals surface area contributed by atoms with Gasteiger partial charge in [0.25, 0.3) is 28.5 Å². The van der Waals surface area contributed by atoms with E-state index < -0.39 is 170 Å². The molecule has 6 aromatic heterocycles. The molecular weight excluding hydrogens is 1450 g/mol. The Hall–Kier alpha value is -7.93. The molecule has 9 heterocycles. The predicted molar refractivity (Wildman–Crippen MR) is 343 cm³/mol. The Bertz CT molecular complexity index is 4780. The Morgan fingerprint density at radius 3 is 1.77 bits per heavy atom. The van der Waals surface area contributed by atoms with Crippen molar-refractivity contribution in [3.05, 3.63) is 118 Å². The molecule has 2 amide bonds. The SMILES string of the molecule is CO[C@@H]1[C@H](O[P@](O)(=S)OC[C@H]2O[C@@H](n3cnc4c(=O)[nH]c(NC(=O)c5ccccc5)nc43)[C@H](OC(=O)C(C)C)[C@@H]2OC(=O)C(C)C)[C@@H](COP(=O)(O)OP(=O)(O)OP(=O)(O)OC[C@H]2O[C@@H](n3c[n+](C)c4c(=O)[nH]c(N)nc43)[C@H](O)[C@@H]2O)O[C@H]1n1cnc2c(NC(=O)c3ccccc3)ncnc21. The maximum Gasteiger partial charge on any atom is 0.490 e. The first-order valence-corrected chi connectivity index (χ1v) is 37.0. The van der Waals surface area contributed by atoms with Gasteiger partial charge in [-0.25, -0.2) is 38.2 Å². The van der Waals surface area contributed by atoms with E-state index in [4.69, 9.17) is 64.1 Å². The number of aromatic nitrogens is 12. The first-order valence-electron chi connectivity index (χ1n) is 30.0. The van der Waals surface area contributed by atoms with E-state index in [-0.39, 0.29) is 62.3 Å². The standard InChI is InChI=1S/C54H63N15O27P4S/c1-24(2)51(76)92-36-29(90-50(39(36)93-52(77)25(3)4)68-22-59-32-42(68)62-54(65-46(32)74)64-45(73)27-15-11-8-12-16-27)19-88-100(84,101)94-37-30(91-49(38(37)85-6)67-21-58-31-40(56-20-57-41(31)67)60-44(72)26-13-9-7-10-14-26)18-87-98(80,81)96-99(82,83)95-97(78,79)86-17-28-34(70)35(71)48(89-28)69-23-66(5)33-43(69)61-53(55)63-47(33)75/h7-16,20-25,28-30,34-39,48-50,70-71H,17-19H2,1-6H3,(H9-,55,56,57,60,61,62,63,64,65,72,73,74,75,78,79,80,81,82,83,84,101)/p+1/t28-,29-,30-,34-,35-,36-,37-,38-,39-,48-,49-,50-,100-/m1/s1. The third-order valence-corrected chi connectivity index (χ3v) is 21.3. The lowest BCUT2D eigenvalue weighted by molar-refractivity contribution is -0.646. The second-order valence-electron chi connectivity index (χ2n) is 23.2. The lowest BCUT2D eigenvalue weighted by Gasteiger charge is -2.28. The number of phosphoric ester groups is 2. The molecule has 12 N–H and O–H groups in total. The number of ether oxygens (including phenoxy) is 6. The molecule has 0 spiro atoms. The number of methoxy groups -OCH3 is 1. The number of aliphatic hydroxyl groups excluding tert-OH is 2. The average Bonchev–Trinajstić information content (AvgIpc) is 1.62. The number of fused-ring (bicyclic) bond motifs is 3. The highest BCUT2D eigenvalue weighted by Gasteiger charge is 2.55. The monoisotopic (exact) mass is 1510 g/mol. The minimum absolute atomic E-state index is 0.0300. The average molecular weight is 1510 g/mol. The molecule has 101 heavy (non-hydrogen) atoms. The van der Waals surface area contributed by atoms with Gasteiger partial charge in [0.15, 0.2) is 52.8 Å². The van der Waals surface area contributed by atoms with Crippen LogP contribution in [0.15, 0.2) is 95.6 Å². The van der Waals surface area contributed by atoms with Crippen LogP contribution in [0.25, 0.3) is 33.5 Å². The summed E-state index contributed by atoms with van der Waals surface area (Å²) in [6, 6.07) is 15.9. The number of carbonyl (C=O) groups excluding carboxylic acids is 4. The molecule has 8 aromatic rings. The number of aryl methyl sites for hydroxylation is 1. The number of nitrogens with zero attached hydrogens (tertiary/aromatic N) is 10. The number of H-pyrrole nitrogens is 2. The smallest absolute Gasteiger partial charge is 0.455 e. The Morgan fingerprint density at radius 1 is 0.634 bits per heavy atom. The highest BCUT2D eigenvalue weighted by atomic mass is 32.5. The Kier molecular flexibility index (Phi) is 21.9. The summed E-state index contributed by atoms with van der Waals surface area (Å²) >= 11 is 5.57. The van der Waals surface area contributed by atoms with E-state index in [0.717, 1.165) is 35.2 Å². The summed E-state index contributed by atoms with van der Waals surface area (Å²) in [5.41, 5.74) is 3.89. The van der Waals surface area contributed by atoms with Crippen LogP contribution in [0.1, 0.15) is 67.1 Å². The summed E-state index contributed by atoms with van der Waals surface area (Å²) in [5.74, 6) is -5.33. The highest BCUT2D eigenvalue weighted by Crippen LogP contribution is 2.68. The zero-order chi connectivity index (χ0) is 72.8. The minimum atomic E-state index is -6.29. The van der Waals surface area contributed by atoms with Crippen LogP contribution in [0, 0.1) is 11.8 Å². The number of esters is 2. The zero-order valence-corrected chi connectivity index (χ0v) is 57.7. The molecule has 11 rings (SSSR count). The first kappa shape index (κ1) is 74.3. The third-order valence-electron chi connectivity index (χ3n) is 15.4. The molecule has 3 fully saturated rings. The molecule has 3 aliphatic heterocycles. The van der Waals surface area contributed by atoms with E-state index in [1.165, 1.54) is 74.5 Å². The number of amides is 2. The number of anilines is 3. The van der Waals surface area contributed by atoms with Crippen LogP contribution in [0.5, 0.6) is 0 Å². The van der Waals surface area contributed by atoms with Gasteiger partial charge in [-0.05, 0) is 36.1 Å². The van der Waals surface area contributed by atoms with E-state index in [1.54, 1.807) is 36.4 Å². The number of rotatable bonds is 27. The number of aliphatic hydroxyl groups is 2. The maximum atomic E-state index is 13.7. The molecule has 16 atom stereocenters. The maximum absolute atomic E-state index is 13.7. The number of nitrogen functional groups attached to an aromatic ring is 1. The van der Waals surface area contributed by atoms with Gasteiger partial charge >= 0.3 is 47.7 Å². The number of aromatic amines is 2. The molecule has 47 heteroatoms. The van der Waals surface area contributed by atoms with Crippen LogP contribution in [0.4, 0.5) is 17.7 Å². The van der Waals surface area contributed by atoms with Crippen molar-refractivity contribution in [2.45, 2.75) is 101 Å². The fourth-order valence-corrected chi connectivity index (χ4v) is 15.7. The lowest BCUT2D eigenvalue weighted by atomic mass is 10.1. The van der Waals surface area contributed by atoms with Crippen LogP contribution < -0.4 is 32.1 Å². The van der Waals surface area contributed by atoms with Crippen molar-refractivity contribution < 1.29 is 122 Å². The topological polar surface area (TPSA) is 563 Å². The van der Waals surface area contributed by atoms with Crippen molar-refractivity contribution in [1.82, 2.24) is 53.6 Å². The highest BCUT2D eigenvalue weighted by molar-refractivity contribution is 8.07. The second-order valence-corrected chi connectivity index (χ2v) is 30.6. The molecule has 2 aromatic carbocycles. The van der Waals surface area contributed by atoms with Gasteiger partial charge in [-0.3, -0.25) is 66.8 Å². The normalized spacial score (nSPS) is 25.4. The molecule has 0 saturated carbocycles. The molecule has 3 unspecified atom stereocenters. The first-order chi connectivity index (χ1) is 47.7. The fraction of sp³-hybridized carbons (Fsp3) is 0.426. The molecule has 3 saturated heterocycles. The third kappa shape index (κ3) is 16.5. The van der Waals surface area contributed by atoms with Gasteiger partial charge < -0.3 is 73.8 Å². The van der Waals surface area contributed by atoms with E-state index in [9.17, 15) is 72.2 Å². The molecule has 3 aliphatic rings. The zero-order valence-electron chi connectivity index (χ0n) is 53.3. The molecular formula is C54H64N15O27P4S+. The van der Waals surface area contributed by atoms with Crippen molar-refractivity contribution >= 4 is 117 Å². The van der Waals surface area contributed by atoms with Crippen molar-refractivity contribution in [2.24, 2.45) is 18.9 Å². The van der Waals surface area contributed by atoms with Crippen LogP contribution >= 0.6 is 30.2 Å². The van der Waals surface area contributed by atoms with Gasteiger partial charge in [0.2, 0.25) is 24.5 Å². The number of carbonyl (C=O) groups is 4. The summed E-state index contributed by atoms with van der Waals surface area (Å²) in [7, 11) is -15.7. The number of benzene rings is 2. The van der Waals surface area contributed by atoms with Crippen LogP contribution in [-0.4, -0.2) is 189 Å². The summed E-state index contributed by atoms with van der Waals surface area (Å²) in [6.07, 6.45) is -15.7. The Labute approximate surface area is 572 Å². The van der Waals surface area contributed by atoms with E-state index in [1.807, 2.05) is 0 Å². The van der Waals surface area contributed by atoms with Crippen LogP contribution in [0.3, 0.4) is 0 Å². The van der Waals surface area contributed by atoms with E-state index in [2.05, 4.69) is 59.1 Å². The van der Waals surface area contributed by atoms with Crippen molar-refractivity contribution in [3.8, 4) is 0 Å². The quantitative estimate of drug-likeness (QED) is 0.0195. The van der Waals surface area contributed by atoms with Crippen LogP contribution in [0.2, 0.25) is 0 Å². The summed E-state index contributed by atoms with van der Waals surface area (Å²) in [5, 5.41) is 26.9. The van der Waals surface area contributed by atoms with Gasteiger partial charge in [-0.15, -0.1) is 0 Å². The number of nitrogens with two attached hydrogens (primary N) is 1. The van der Waals surface area contributed by atoms with Crippen LogP contribution in [-0.2, 0) is 97.3 Å². The number of hydrogen-bond donors (Lipinski definition) is 11. The van der Waals surface area contributed by atoms with Gasteiger partial charge in [0.05, 0.1) is 51.4 Å². The lowest BCUT2D eigenvalue weighted by Crippen LogP contribution is -2.42. The van der Waals surface area contributed by atoms with E-state index in [0.29, 0.717) is 0 Å². The van der Waals surface area contributed by atoms with Crippen molar-refractivity contribution in [2.75, 3.05) is 43.3 Å². The Morgan fingerprint density at radius 2 is 1.17 bits per heavy atom. The molecule has 0 bridgehead atoms. The Balaban J connectivity index is 0.837. The van der Waals surface area contributed by atoms with Gasteiger partial charge in [-0.2, -0.15) is 23.2 Å². The largest absolute Gasteiger partial charge is 0.490 e. The van der Waals surface area contributed by atoms with Crippen molar-refractivity contribution in [3.63, 3.8) is 0 Å². The summed E-state index contributed by atoms with van der Waals surface area (Å²) in [4.78, 5) is 154. The summed E-state index contributed by atoms with van der Waals surface area (Å²) < 4.78 is 112.